The Kier molecular flexibility index (Phi) is 4.47. The molecule has 3 heterocycles. The number of nitrogens with zero attached hydrogens (tertiary/aromatic N) is 4. The van der Waals surface area contributed by atoms with E-state index in [2.05, 4.69) is 22.2 Å². The number of thiophene rings is 1. The Balaban J connectivity index is 1.52. The fourth-order valence-corrected chi connectivity index (χ4v) is 5.73. The second kappa shape index (κ2) is 7.05. The first-order chi connectivity index (χ1) is 14.4. The maximum absolute atomic E-state index is 12.7. The summed E-state index contributed by atoms with van der Waals surface area (Å²) in [6.07, 6.45) is 4.75. The lowest BCUT2D eigenvalue weighted by Gasteiger charge is -2.17. The van der Waals surface area contributed by atoms with Crippen molar-refractivity contribution in [3.8, 4) is 0 Å². The van der Waals surface area contributed by atoms with Crippen LogP contribution < -0.4 is 11.0 Å². The molecule has 8 heteroatoms. The van der Waals surface area contributed by atoms with Gasteiger partial charge in [0, 0.05) is 10.6 Å². The van der Waals surface area contributed by atoms with E-state index in [0.717, 1.165) is 46.3 Å². The van der Waals surface area contributed by atoms with Crippen LogP contribution in [0.15, 0.2) is 29.3 Å². The van der Waals surface area contributed by atoms with E-state index in [9.17, 15) is 9.59 Å². The molecule has 0 unspecified atom stereocenters. The largest absolute Gasteiger partial charge is 0.365 e. The van der Waals surface area contributed by atoms with E-state index in [1.54, 1.807) is 22.2 Å². The summed E-state index contributed by atoms with van der Waals surface area (Å²) in [6.45, 7) is 6.11. The second-order valence-corrected chi connectivity index (χ2v) is 9.40. The van der Waals surface area contributed by atoms with E-state index < -0.39 is 5.69 Å². The predicted molar refractivity (Wildman–Crippen MR) is 118 cm³/mol. The van der Waals surface area contributed by atoms with Crippen molar-refractivity contribution in [1.82, 2.24) is 19.2 Å². The van der Waals surface area contributed by atoms with E-state index in [0.29, 0.717) is 11.6 Å². The normalized spacial score (nSPS) is 16.2. The van der Waals surface area contributed by atoms with Crippen molar-refractivity contribution in [1.29, 1.82) is 0 Å². The van der Waals surface area contributed by atoms with E-state index in [4.69, 9.17) is 0 Å². The van der Waals surface area contributed by atoms with Crippen LogP contribution >= 0.6 is 11.3 Å². The molecule has 0 fully saturated rings. The maximum atomic E-state index is 12.7. The molecule has 7 nitrogen and oxygen atoms in total. The summed E-state index contributed by atoms with van der Waals surface area (Å²) in [5.41, 5.74) is 4.28. The highest BCUT2D eigenvalue weighted by molar-refractivity contribution is 7.19. The Morgan fingerprint density at radius 1 is 1.27 bits per heavy atom. The molecule has 30 heavy (non-hydrogen) atoms. The molecule has 154 valence electrons. The quantitative estimate of drug-likeness (QED) is 0.549. The van der Waals surface area contributed by atoms with Crippen LogP contribution in [0.5, 0.6) is 0 Å². The number of rotatable bonds is 3. The molecule has 4 aromatic rings. The van der Waals surface area contributed by atoms with Gasteiger partial charge in [-0.05, 0) is 67.9 Å². The highest BCUT2D eigenvalue weighted by Crippen LogP contribution is 2.38. The Bertz CT molecular complexity index is 1340. The number of carbonyl (C=O) groups is 1. The molecule has 3 aromatic heterocycles. The topological polar surface area (TPSA) is 81.3 Å². The summed E-state index contributed by atoms with van der Waals surface area (Å²) in [5, 5.41) is 3.85. The summed E-state index contributed by atoms with van der Waals surface area (Å²) in [5.74, 6) is 0.389. The van der Waals surface area contributed by atoms with Gasteiger partial charge in [-0.2, -0.15) is 4.98 Å². The Morgan fingerprint density at radius 3 is 2.80 bits per heavy atom. The number of aromatic nitrogens is 4. The van der Waals surface area contributed by atoms with Crippen LogP contribution in [0.4, 0.5) is 5.69 Å². The van der Waals surface area contributed by atoms with E-state index in [1.807, 2.05) is 32.0 Å². The van der Waals surface area contributed by atoms with Crippen LogP contribution in [0.2, 0.25) is 0 Å². The Hall–Kier alpha value is -3.00. The molecule has 1 aliphatic rings. The molecule has 1 aliphatic carbocycles. The molecule has 0 spiro atoms. The first-order valence-electron chi connectivity index (χ1n) is 10.2. The van der Waals surface area contributed by atoms with Gasteiger partial charge in [0.2, 0.25) is 5.91 Å². The molecule has 1 atom stereocenters. The molecule has 0 radical (unpaired) electrons. The third kappa shape index (κ3) is 3.21. The van der Waals surface area contributed by atoms with Crippen LogP contribution in [0.25, 0.3) is 15.9 Å². The van der Waals surface area contributed by atoms with Crippen LogP contribution in [0.3, 0.4) is 0 Å². The predicted octanol–water partition coefficient (Wildman–Crippen LogP) is 3.49. The first-order valence-corrected chi connectivity index (χ1v) is 11.0. The number of hydrogen-bond donors (Lipinski definition) is 1. The zero-order valence-electron chi connectivity index (χ0n) is 17.2. The highest BCUT2D eigenvalue weighted by Gasteiger charge is 2.24. The van der Waals surface area contributed by atoms with Gasteiger partial charge in [-0.1, -0.05) is 13.0 Å². The molecular formula is C22H23N5O2S. The van der Waals surface area contributed by atoms with Crippen LogP contribution in [0.1, 0.15) is 34.9 Å². The van der Waals surface area contributed by atoms with Crippen LogP contribution in [0, 0.1) is 19.8 Å². The smallest absolute Gasteiger partial charge is 0.324 e. The minimum atomic E-state index is -0.441. The first kappa shape index (κ1) is 19.0. The van der Waals surface area contributed by atoms with Gasteiger partial charge < -0.3 is 5.32 Å². The monoisotopic (exact) mass is 421 g/mol. The fraction of sp³-hybridized carbons (Fsp3) is 0.364. The number of fused-ring (bicyclic) bond motifs is 5. The molecule has 1 aromatic carbocycles. The zero-order valence-corrected chi connectivity index (χ0v) is 18.0. The van der Waals surface area contributed by atoms with Crippen molar-refractivity contribution in [2.24, 2.45) is 5.92 Å². The molecule has 0 bridgehead atoms. The van der Waals surface area contributed by atoms with Gasteiger partial charge in [-0.15, -0.1) is 11.3 Å². The summed E-state index contributed by atoms with van der Waals surface area (Å²) < 4.78 is 2.96. The van der Waals surface area contributed by atoms with Gasteiger partial charge in [-0.25, -0.2) is 19.0 Å². The fourth-order valence-electron chi connectivity index (χ4n) is 4.39. The Morgan fingerprint density at radius 2 is 2.03 bits per heavy atom. The van der Waals surface area contributed by atoms with Gasteiger partial charge >= 0.3 is 5.69 Å². The number of benzene rings is 1. The number of hydrogen-bond acceptors (Lipinski definition) is 5. The number of nitrogens with one attached hydrogen (secondary N) is 1. The van der Waals surface area contributed by atoms with Gasteiger partial charge in [-0.3, -0.25) is 4.79 Å². The van der Waals surface area contributed by atoms with Crippen molar-refractivity contribution in [3.05, 3.63) is 56.6 Å². The summed E-state index contributed by atoms with van der Waals surface area (Å²) >= 11 is 1.70. The highest BCUT2D eigenvalue weighted by atomic mass is 32.1. The summed E-state index contributed by atoms with van der Waals surface area (Å²) in [7, 11) is 0. The average Bonchev–Trinajstić information content (AvgIpc) is 3.17. The van der Waals surface area contributed by atoms with Gasteiger partial charge in [0.05, 0.1) is 5.39 Å². The summed E-state index contributed by atoms with van der Waals surface area (Å²) in [6, 6.07) is 5.86. The third-order valence-corrected chi connectivity index (χ3v) is 6.86. The molecule has 5 rings (SSSR count). The number of anilines is 1. The van der Waals surface area contributed by atoms with E-state index >= 15 is 0 Å². The number of amides is 1. The van der Waals surface area contributed by atoms with Crippen molar-refractivity contribution in [2.45, 2.75) is 46.6 Å². The lowest BCUT2D eigenvalue weighted by molar-refractivity contribution is -0.117. The SMILES string of the molecule is Cc1cc(C)cc(NC(=O)Cn2c(=O)nc3c4c5c(sc4ncn32)C[C@@H](C)CC5)c1. The molecular weight excluding hydrogens is 398 g/mol. The maximum Gasteiger partial charge on any atom is 0.365 e. The lowest BCUT2D eigenvalue weighted by atomic mass is 9.89. The zero-order chi connectivity index (χ0) is 21.0. The number of aryl methyl sites for hydroxylation is 3. The van der Waals surface area contributed by atoms with Crippen molar-refractivity contribution >= 4 is 38.8 Å². The minimum Gasteiger partial charge on any atom is -0.324 e. The standard InChI is InChI=1S/C22H23N5O2S/c1-12-4-5-16-17(9-12)30-21-19(16)20-25-22(29)26(27(20)11-23-21)10-18(28)24-15-7-13(2)6-14(3)8-15/h6-8,11-12H,4-5,9-10H2,1-3H3,(H,24,28)/t12-/m0/s1. The summed E-state index contributed by atoms with van der Waals surface area (Å²) in [4.78, 5) is 36.4. The third-order valence-electron chi connectivity index (χ3n) is 5.70. The lowest BCUT2D eigenvalue weighted by Crippen LogP contribution is -2.28. The van der Waals surface area contributed by atoms with Crippen molar-refractivity contribution in [2.75, 3.05) is 5.32 Å². The molecule has 0 saturated carbocycles. The molecule has 1 amide bonds. The van der Waals surface area contributed by atoms with Gasteiger partial charge in [0.15, 0.2) is 5.65 Å². The van der Waals surface area contributed by atoms with Crippen molar-refractivity contribution < 1.29 is 4.79 Å². The van der Waals surface area contributed by atoms with E-state index in [-0.39, 0.29) is 12.5 Å². The second-order valence-electron chi connectivity index (χ2n) is 8.32. The van der Waals surface area contributed by atoms with Gasteiger partial charge in [0.25, 0.3) is 0 Å². The Labute approximate surface area is 177 Å². The van der Waals surface area contributed by atoms with Crippen molar-refractivity contribution in [3.63, 3.8) is 0 Å². The molecule has 1 N–H and O–H groups in total. The van der Waals surface area contributed by atoms with Crippen LogP contribution in [-0.2, 0) is 24.2 Å². The minimum absolute atomic E-state index is 0.121. The van der Waals surface area contributed by atoms with Crippen LogP contribution in [-0.4, -0.2) is 25.1 Å². The number of carbonyl (C=O) groups excluding carboxylic acids is 1. The van der Waals surface area contributed by atoms with Gasteiger partial charge in [0.1, 0.15) is 17.7 Å². The average molecular weight is 422 g/mol. The van der Waals surface area contributed by atoms with E-state index in [1.165, 1.54) is 15.1 Å². The molecule has 0 saturated heterocycles. The molecule has 0 aliphatic heterocycles.